The number of pyridine rings is 1. The van der Waals surface area contributed by atoms with E-state index in [1.807, 2.05) is 42.2 Å². The molecular formula is C23H28N4O3. The Morgan fingerprint density at radius 1 is 1.17 bits per heavy atom. The van der Waals surface area contributed by atoms with Gasteiger partial charge in [-0.15, -0.1) is 0 Å². The fraction of sp³-hybridized carbons (Fsp3) is 0.435. The van der Waals surface area contributed by atoms with Crippen molar-refractivity contribution in [3.05, 3.63) is 58.1 Å². The highest BCUT2D eigenvalue weighted by molar-refractivity contribution is 5.77. The molecule has 158 valence electrons. The molecule has 1 aromatic carbocycles. The predicted octanol–water partition coefficient (Wildman–Crippen LogP) is 2.67. The lowest BCUT2D eigenvalue weighted by molar-refractivity contribution is -0.134. The summed E-state index contributed by atoms with van der Waals surface area (Å²) in [5, 5.41) is 0. The second kappa shape index (κ2) is 8.34. The highest BCUT2D eigenvalue weighted by Crippen LogP contribution is 2.21. The SMILES string of the molecule is Cc1ccc(OCC(=O)N2CCC(Cn3c(=O)n(C)c4cccnc43)CC2)cc1C. The van der Waals surface area contributed by atoms with Gasteiger partial charge in [0.1, 0.15) is 5.75 Å². The molecule has 0 aliphatic carbocycles. The van der Waals surface area contributed by atoms with Crippen LogP contribution in [0.25, 0.3) is 11.2 Å². The van der Waals surface area contributed by atoms with Crippen LogP contribution in [-0.4, -0.2) is 44.6 Å². The Hall–Kier alpha value is -3.09. The van der Waals surface area contributed by atoms with E-state index in [9.17, 15) is 9.59 Å². The second-order valence-electron chi connectivity index (χ2n) is 8.16. The monoisotopic (exact) mass is 408 g/mol. The number of fused-ring (bicyclic) bond motifs is 1. The zero-order chi connectivity index (χ0) is 21.3. The topological polar surface area (TPSA) is 69.4 Å². The number of piperidine rings is 1. The summed E-state index contributed by atoms with van der Waals surface area (Å²) in [6.45, 7) is 6.15. The molecule has 1 fully saturated rings. The minimum Gasteiger partial charge on any atom is -0.484 e. The van der Waals surface area contributed by atoms with Gasteiger partial charge in [-0.2, -0.15) is 0 Å². The van der Waals surface area contributed by atoms with Crippen LogP contribution in [0.3, 0.4) is 0 Å². The van der Waals surface area contributed by atoms with Gasteiger partial charge in [0.15, 0.2) is 12.3 Å². The normalized spacial score (nSPS) is 15.0. The van der Waals surface area contributed by atoms with Gasteiger partial charge in [0.2, 0.25) is 0 Å². The van der Waals surface area contributed by atoms with E-state index < -0.39 is 0 Å². The van der Waals surface area contributed by atoms with Crippen molar-refractivity contribution in [2.45, 2.75) is 33.2 Å². The molecule has 0 bridgehead atoms. The molecule has 0 unspecified atom stereocenters. The van der Waals surface area contributed by atoms with Crippen LogP contribution in [0, 0.1) is 19.8 Å². The Morgan fingerprint density at radius 2 is 1.93 bits per heavy atom. The first-order chi connectivity index (χ1) is 14.4. The number of hydrogen-bond acceptors (Lipinski definition) is 4. The summed E-state index contributed by atoms with van der Waals surface area (Å²) in [6.07, 6.45) is 3.45. The number of aryl methyl sites for hydroxylation is 3. The first-order valence-electron chi connectivity index (χ1n) is 10.4. The lowest BCUT2D eigenvalue weighted by Gasteiger charge is -2.32. The molecule has 3 heterocycles. The molecule has 0 radical (unpaired) electrons. The number of aromatic nitrogens is 3. The third kappa shape index (κ3) is 3.97. The average molecular weight is 409 g/mol. The molecule has 1 aliphatic heterocycles. The van der Waals surface area contributed by atoms with Crippen molar-refractivity contribution in [2.24, 2.45) is 13.0 Å². The van der Waals surface area contributed by atoms with Crippen molar-refractivity contribution in [2.75, 3.05) is 19.7 Å². The van der Waals surface area contributed by atoms with Gasteiger partial charge >= 0.3 is 5.69 Å². The van der Waals surface area contributed by atoms with Crippen molar-refractivity contribution in [3.8, 4) is 5.75 Å². The molecule has 1 aliphatic rings. The molecule has 0 atom stereocenters. The smallest absolute Gasteiger partial charge is 0.330 e. The van der Waals surface area contributed by atoms with Crippen LogP contribution in [0.15, 0.2) is 41.3 Å². The van der Waals surface area contributed by atoms with E-state index in [1.54, 1.807) is 22.4 Å². The van der Waals surface area contributed by atoms with Gasteiger partial charge in [0.25, 0.3) is 5.91 Å². The Kier molecular flexibility index (Phi) is 5.61. The maximum Gasteiger partial charge on any atom is 0.330 e. The summed E-state index contributed by atoms with van der Waals surface area (Å²) in [7, 11) is 1.78. The predicted molar refractivity (Wildman–Crippen MR) is 116 cm³/mol. The highest BCUT2D eigenvalue weighted by Gasteiger charge is 2.25. The number of imidazole rings is 1. The van der Waals surface area contributed by atoms with Crippen LogP contribution >= 0.6 is 0 Å². The lowest BCUT2D eigenvalue weighted by atomic mass is 9.96. The first-order valence-corrected chi connectivity index (χ1v) is 10.4. The quantitative estimate of drug-likeness (QED) is 0.651. The van der Waals surface area contributed by atoms with Gasteiger partial charge < -0.3 is 9.64 Å². The second-order valence-corrected chi connectivity index (χ2v) is 8.16. The van der Waals surface area contributed by atoms with Crippen LogP contribution in [-0.2, 0) is 18.4 Å². The number of nitrogens with zero attached hydrogens (tertiary/aromatic N) is 4. The number of carbonyl (C=O) groups excluding carboxylic acids is 1. The third-order valence-electron chi connectivity index (χ3n) is 6.15. The Bertz CT molecular complexity index is 1120. The van der Waals surface area contributed by atoms with Crippen molar-refractivity contribution < 1.29 is 9.53 Å². The Morgan fingerprint density at radius 3 is 2.67 bits per heavy atom. The molecule has 1 amide bonds. The molecule has 7 heteroatoms. The molecule has 2 aromatic heterocycles. The summed E-state index contributed by atoms with van der Waals surface area (Å²) in [5.74, 6) is 1.08. The molecular weight excluding hydrogens is 380 g/mol. The minimum absolute atomic E-state index is 0.00988. The Balaban J connectivity index is 1.33. The van der Waals surface area contributed by atoms with E-state index in [4.69, 9.17) is 4.74 Å². The van der Waals surface area contributed by atoms with E-state index in [0.29, 0.717) is 25.6 Å². The van der Waals surface area contributed by atoms with Gasteiger partial charge in [0.05, 0.1) is 5.52 Å². The summed E-state index contributed by atoms with van der Waals surface area (Å²) in [4.78, 5) is 31.4. The number of hydrogen-bond donors (Lipinski definition) is 0. The van der Waals surface area contributed by atoms with Crippen LogP contribution in [0.2, 0.25) is 0 Å². The van der Waals surface area contributed by atoms with Crippen molar-refractivity contribution in [1.82, 2.24) is 19.0 Å². The van der Waals surface area contributed by atoms with Crippen LogP contribution in [0.5, 0.6) is 5.75 Å². The third-order valence-corrected chi connectivity index (χ3v) is 6.15. The van der Waals surface area contributed by atoms with Crippen molar-refractivity contribution in [3.63, 3.8) is 0 Å². The van der Waals surface area contributed by atoms with Crippen molar-refractivity contribution in [1.29, 1.82) is 0 Å². The molecule has 0 spiro atoms. The Labute approximate surface area is 175 Å². The van der Waals surface area contributed by atoms with Gasteiger partial charge in [-0.3, -0.25) is 13.9 Å². The lowest BCUT2D eigenvalue weighted by Crippen LogP contribution is -2.42. The molecule has 4 rings (SSSR count). The highest BCUT2D eigenvalue weighted by atomic mass is 16.5. The fourth-order valence-electron chi connectivity index (χ4n) is 4.06. The van der Waals surface area contributed by atoms with E-state index in [-0.39, 0.29) is 18.2 Å². The van der Waals surface area contributed by atoms with E-state index in [0.717, 1.165) is 35.3 Å². The minimum atomic E-state index is -0.0380. The van der Waals surface area contributed by atoms with E-state index in [1.165, 1.54) is 5.56 Å². The van der Waals surface area contributed by atoms with E-state index in [2.05, 4.69) is 11.9 Å². The summed E-state index contributed by atoms with van der Waals surface area (Å²) in [5.41, 5.74) is 3.89. The number of benzene rings is 1. The van der Waals surface area contributed by atoms with Gasteiger partial charge in [-0.25, -0.2) is 9.78 Å². The van der Waals surface area contributed by atoms with Gasteiger partial charge in [-0.1, -0.05) is 6.07 Å². The number of carbonyl (C=O) groups is 1. The number of amides is 1. The maximum atomic E-state index is 12.6. The fourth-order valence-corrected chi connectivity index (χ4v) is 4.06. The van der Waals surface area contributed by atoms with Crippen LogP contribution < -0.4 is 10.4 Å². The van der Waals surface area contributed by atoms with Gasteiger partial charge in [0, 0.05) is 32.9 Å². The number of rotatable bonds is 5. The largest absolute Gasteiger partial charge is 0.484 e. The number of ether oxygens (including phenoxy) is 1. The molecule has 7 nitrogen and oxygen atoms in total. The van der Waals surface area contributed by atoms with E-state index >= 15 is 0 Å². The summed E-state index contributed by atoms with van der Waals surface area (Å²) in [6, 6.07) is 9.63. The summed E-state index contributed by atoms with van der Waals surface area (Å²) >= 11 is 0. The zero-order valence-corrected chi connectivity index (χ0v) is 17.8. The first kappa shape index (κ1) is 20.2. The molecule has 1 saturated heterocycles. The maximum absolute atomic E-state index is 12.6. The molecule has 3 aromatic rings. The molecule has 30 heavy (non-hydrogen) atoms. The molecule has 0 N–H and O–H groups in total. The zero-order valence-electron chi connectivity index (χ0n) is 17.8. The van der Waals surface area contributed by atoms with Crippen LogP contribution in [0.4, 0.5) is 0 Å². The standard InChI is InChI=1S/C23H28N4O3/c1-16-6-7-19(13-17(16)2)30-15-21(28)26-11-8-18(9-12-26)14-27-22-20(5-4-10-24-22)25(3)23(27)29/h4-7,10,13,18H,8-9,11-12,14-15H2,1-3H3. The molecule has 0 saturated carbocycles. The summed E-state index contributed by atoms with van der Waals surface area (Å²) < 4.78 is 9.11. The number of likely N-dealkylation sites (tertiary alicyclic amines) is 1. The van der Waals surface area contributed by atoms with Gasteiger partial charge in [-0.05, 0) is 68.0 Å². The van der Waals surface area contributed by atoms with Crippen LogP contribution in [0.1, 0.15) is 24.0 Å². The van der Waals surface area contributed by atoms with Crippen molar-refractivity contribution >= 4 is 17.1 Å². The average Bonchev–Trinajstić information content (AvgIpc) is 3.00.